The standard InChI is InChI=1S/C13H13N3O2S/c1-18-13(17)12-9(3-2-4-10(12)14)7-19-11-5-6-15-8-16-11/h2-6,8H,7,14H2,1H3. The van der Waals surface area contributed by atoms with Crippen molar-refractivity contribution >= 4 is 23.4 Å². The molecule has 0 aliphatic heterocycles. The molecule has 2 rings (SSSR count). The van der Waals surface area contributed by atoms with E-state index in [1.165, 1.54) is 25.2 Å². The van der Waals surface area contributed by atoms with Gasteiger partial charge in [-0.15, -0.1) is 11.8 Å². The number of esters is 1. The van der Waals surface area contributed by atoms with Crippen molar-refractivity contribution in [3.63, 3.8) is 0 Å². The third kappa shape index (κ3) is 3.23. The van der Waals surface area contributed by atoms with E-state index in [0.29, 0.717) is 17.0 Å². The van der Waals surface area contributed by atoms with E-state index in [9.17, 15) is 4.79 Å². The van der Waals surface area contributed by atoms with Gasteiger partial charge in [-0.1, -0.05) is 12.1 Å². The second kappa shape index (κ2) is 6.19. The monoisotopic (exact) mass is 275 g/mol. The molecule has 0 aliphatic carbocycles. The number of hydrogen-bond donors (Lipinski definition) is 1. The van der Waals surface area contributed by atoms with Crippen molar-refractivity contribution in [3.05, 3.63) is 47.9 Å². The van der Waals surface area contributed by atoms with Gasteiger partial charge in [0.25, 0.3) is 0 Å². The number of anilines is 1. The normalized spacial score (nSPS) is 10.2. The molecule has 0 saturated heterocycles. The number of thioether (sulfide) groups is 1. The molecule has 0 unspecified atom stereocenters. The minimum atomic E-state index is -0.420. The summed E-state index contributed by atoms with van der Waals surface area (Å²) in [5, 5.41) is 0.841. The van der Waals surface area contributed by atoms with Gasteiger partial charge >= 0.3 is 5.97 Å². The highest BCUT2D eigenvalue weighted by molar-refractivity contribution is 7.98. The first kappa shape index (κ1) is 13.4. The number of rotatable bonds is 4. The second-order valence-corrected chi connectivity index (χ2v) is 4.70. The van der Waals surface area contributed by atoms with Crippen molar-refractivity contribution in [2.45, 2.75) is 10.8 Å². The Kier molecular flexibility index (Phi) is 4.35. The van der Waals surface area contributed by atoms with E-state index in [-0.39, 0.29) is 0 Å². The number of methoxy groups -OCH3 is 1. The van der Waals surface area contributed by atoms with Crippen LogP contribution in [0.5, 0.6) is 0 Å². The van der Waals surface area contributed by atoms with Gasteiger partial charge in [0.05, 0.1) is 17.7 Å². The van der Waals surface area contributed by atoms with E-state index in [1.54, 1.807) is 12.3 Å². The quantitative estimate of drug-likeness (QED) is 0.398. The summed E-state index contributed by atoms with van der Waals surface area (Å²) in [5.74, 6) is 0.170. The largest absolute Gasteiger partial charge is 0.465 e. The first-order chi connectivity index (χ1) is 9.22. The average molecular weight is 275 g/mol. The summed E-state index contributed by atoms with van der Waals surface area (Å²) < 4.78 is 4.76. The molecule has 0 bridgehead atoms. The lowest BCUT2D eigenvalue weighted by atomic mass is 10.1. The number of carbonyl (C=O) groups excluding carboxylic acids is 1. The molecule has 2 aromatic rings. The summed E-state index contributed by atoms with van der Waals surface area (Å²) in [6, 6.07) is 7.17. The van der Waals surface area contributed by atoms with Crippen LogP contribution in [0.1, 0.15) is 15.9 Å². The van der Waals surface area contributed by atoms with Gasteiger partial charge in [0.15, 0.2) is 0 Å². The summed E-state index contributed by atoms with van der Waals surface area (Å²) in [6.45, 7) is 0. The number of aromatic nitrogens is 2. The van der Waals surface area contributed by atoms with Crippen LogP contribution < -0.4 is 5.73 Å². The molecule has 0 fully saturated rings. The van der Waals surface area contributed by atoms with Crippen LogP contribution in [0, 0.1) is 0 Å². The van der Waals surface area contributed by atoms with Gasteiger partial charge in [-0.2, -0.15) is 0 Å². The van der Waals surface area contributed by atoms with Crippen LogP contribution in [0.2, 0.25) is 0 Å². The third-order valence-electron chi connectivity index (χ3n) is 2.50. The summed E-state index contributed by atoms with van der Waals surface area (Å²) >= 11 is 1.51. The summed E-state index contributed by atoms with van der Waals surface area (Å²) in [5.41, 5.74) is 7.51. The molecule has 0 aliphatic rings. The zero-order valence-electron chi connectivity index (χ0n) is 10.4. The summed E-state index contributed by atoms with van der Waals surface area (Å²) in [7, 11) is 1.34. The van der Waals surface area contributed by atoms with E-state index in [2.05, 4.69) is 9.97 Å². The maximum absolute atomic E-state index is 11.7. The highest BCUT2D eigenvalue weighted by Gasteiger charge is 2.15. The van der Waals surface area contributed by atoms with Crippen molar-refractivity contribution < 1.29 is 9.53 Å². The molecule has 0 radical (unpaired) electrons. The molecular formula is C13H13N3O2S. The van der Waals surface area contributed by atoms with E-state index >= 15 is 0 Å². The van der Waals surface area contributed by atoms with E-state index in [0.717, 1.165) is 10.6 Å². The number of nitrogen functional groups attached to an aromatic ring is 1. The lowest BCUT2D eigenvalue weighted by Crippen LogP contribution is -2.09. The second-order valence-electron chi connectivity index (χ2n) is 3.71. The molecule has 2 N–H and O–H groups in total. The van der Waals surface area contributed by atoms with E-state index in [4.69, 9.17) is 10.5 Å². The smallest absolute Gasteiger partial charge is 0.340 e. The van der Waals surface area contributed by atoms with E-state index < -0.39 is 5.97 Å². The molecule has 5 nitrogen and oxygen atoms in total. The Labute approximate surface area is 115 Å². The Hall–Kier alpha value is -2.08. The lowest BCUT2D eigenvalue weighted by molar-refractivity contribution is 0.0601. The molecule has 98 valence electrons. The van der Waals surface area contributed by atoms with Gasteiger partial charge in [0.1, 0.15) is 6.33 Å². The van der Waals surface area contributed by atoms with Crippen molar-refractivity contribution in [2.75, 3.05) is 12.8 Å². The van der Waals surface area contributed by atoms with E-state index in [1.807, 2.05) is 18.2 Å². The van der Waals surface area contributed by atoms with Crippen molar-refractivity contribution in [2.24, 2.45) is 0 Å². The molecule has 0 atom stereocenters. The van der Waals surface area contributed by atoms with Crippen LogP contribution in [0.15, 0.2) is 41.8 Å². The Morgan fingerprint density at radius 2 is 2.26 bits per heavy atom. The number of carbonyl (C=O) groups is 1. The summed E-state index contributed by atoms with van der Waals surface area (Å²) in [4.78, 5) is 19.7. The molecule has 6 heteroatoms. The first-order valence-corrected chi connectivity index (χ1v) is 6.55. The van der Waals surface area contributed by atoms with Crippen molar-refractivity contribution in [1.82, 2.24) is 9.97 Å². The first-order valence-electron chi connectivity index (χ1n) is 5.57. The number of nitrogens with zero attached hydrogens (tertiary/aromatic N) is 2. The number of ether oxygens (including phenoxy) is 1. The number of hydrogen-bond acceptors (Lipinski definition) is 6. The van der Waals surface area contributed by atoms with Crippen LogP contribution in [0.25, 0.3) is 0 Å². The Bertz CT molecular complexity index is 575. The lowest BCUT2D eigenvalue weighted by Gasteiger charge is -2.09. The zero-order valence-corrected chi connectivity index (χ0v) is 11.2. The third-order valence-corrected chi connectivity index (χ3v) is 3.50. The van der Waals surface area contributed by atoms with Crippen molar-refractivity contribution in [3.8, 4) is 0 Å². The predicted molar refractivity (Wildman–Crippen MR) is 73.8 cm³/mol. The van der Waals surface area contributed by atoms with Gasteiger partial charge in [-0.25, -0.2) is 14.8 Å². The van der Waals surface area contributed by atoms with Crippen LogP contribution in [0.3, 0.4) is 0 Å². The maximum Gasteiger partial charge on any atom is 0.340 e. The molecule has 1 heterocycles. The molecule has 0 amide bonds. The number of benzene rings is 1. The SMILES string of the molecule is COC(=O)c1c(N)cccc1CSc1ccncn1. The molecule has 1 aromatic heterocycles. The highest BCUT2D eigenvalue weighted by atomic mass is 32.2. The van der Waals surface area contributed by atoms with Crippen molar-refractivity contribution in [1.29, 1.82) is 0 Å². The van der Waals surface area contributed by atoms with Gasteiger partial charge in [-0.3, -0.25) is 0 Å². The van der Waals surface area contributed by atoms with Gasteiger partial charge < -0.3 is 10.5 Å². The number of nitrogens with two attached hydrogens (primary N) is 1. The topological polar surface area (TPSA) is 78.1 Å². The van der Waals surface area contributed by atoms with Crippen LogP contribution in [-0.4, -0.2) is 23.0 Å². The summed E-state index contributed by atoms with van der Waals surface area (Å²) in [6.07, 6.45) is 3.17. The molecule has 19 heavy (non-hydrogen) atoms. The fourth-order valence-electron chi connectivity index (χ4n) is 1.61. The minimum absolute atomic E-state index is 0.420. The highest BCUT2D eigenvalue weighted by Crippen LogP contribution is 2.25. The van der Waals surface area contributed by atoms with Crippen LogP contribution in [-0.2, 0) is 10.5 Å². The zero-order chi connectivity index (χ0) is 13.7. The average Bonchev–Trinajstić information content (AvgIpc) is 2.45. The van der Waals surface area contributed by atoms with Crippen LogP contribution in [0.4, 0.5) is 5.69 Å². The molecule has 0 saturated carbocycles. The Morgan fingerprint density at radius 1 is 1.42 bits per heavy atom. The molecule has 0 spiro atoms. The minimum Gasteiger partial charge on any atom is -0.465 e. The molecule has 1 aromatic carbocycles. The van der Waals surface area contributed by atoms with Gasteiger partial charge in [0.2, 0.25) is 0 Å². The molecular weight excluding hydrogens is 262 g/mol. The Balaban J connectivity index is 2.21. The predicted octanol–water partition coefficient (Wildman–Crippen LogP) is 2.14. The maximum atomic E-state index is 11.7. The fraction of sp³-hybridized carbons (Fsp3) is 0.154. The van der Waals surface area contributed by atoms with Crippen LogP contribution >= 0.6 is 11.8 Å². The Morgan fingerprint density at radius 3 is 2.95 bits per heavy atom. The fourth-order valence-corrected chi connectivity index (χ4v) is 2.43. The van der Waals surface area contributed by atoms with Gasteiger partial charge in [0, 0.05) is 17.6 Å². The van der Waals surface area contributed by atoms with Gasteiger partial charge in [-0.05, 0) is 17.7 Å².